The third-order valence-electron chi connectivity index (χ3n) is 6.81. The van der Waals surface area contributed by atoms with Crippen molar-refractivity contribution in [2.75, 3.05) is 0 Å². The lowest BCUT2D eigenvalue weighted by Crippen LogP contribution is -2.23. The third kappa shape index (κ3) is 5.47. The summed E-state index contributed by atoms with van der Waals surface area (Å²) in [6, 6.07) is 18.6. The van der Waals surface area contributed by atoms with E-state index in [-0.39, 0.29) is 0 Å². The Morgan fingerprint density at radius 1 is 0.778 bits per heavy atom. The van der Waals surface area contributed by atoms with Gasteiger partial charge in [-0.05, 0) is 78.5 Å². The first-order valence-electron chi connectivity index (χ1n) is 11.3. The average molecular weight is 363 g/mol. The van der Waals surface area contributed by atoms with E-state index in [0.717, 1.165) is 5.92 Å². The molecule has 1 aliphatic rings. The molecule has 1 aliphatic carbocycles. The molecule has 3 rings (SSSR count). The van der Waals surface area contributed by atoms with Crippen LogP contribution in [0.3, 0.4) is 0 Å². The number of hydrogen-bond donors (Lipinski definition) is 0. The Bertz CT molecular complexity index is 669. The molecule has 1 saturated carbocycles. The first kappa shape index (κ1) is 20.2. The van der Waals surface area contributed by atoms with Crippen LogP contribution in [0.1, 0.15) is 95.6 Å². The molecule has 0 heteroatoms. The monoisotopic (exact) mass is 362 g/mol. The van der Waals surface area contributed by atoms with Gasteiger partial charge in [-0.1, -0.05) is 88.6 Å². The molecule has 2 aromatic rings. The van der Waals surface area contributed by atoms with Gasteiger partial charge in [-0.15, -0.1) is 0 Å². The highest BCUT2D eigenvalue weighted by molar-refractivity contribution is 5.64. The molecule has 0 aliphatic heterocycles. The predicted octanol–water partition coefficient (Wildman–Crippen LogP) is 8.55. The lowest BCUT2D eigenvalue weighted by molar-refractivity contribution is 0.179. The molecule has 0 heterocycles. The molecule has 1 fully saturated rings. The van der Waals surface area contributed by atoms with Gasteiger partial charge in [-0.3, -0.25) is 0 Å². The van der Waals surface area contributed by atoms with Gasteiger partial charge < -0.3 is 0 Å². The maximum absolute atomic E-state index is 2.52. The molecular formula is C27H38. The molecule has 146 valence electrons. The zero-order chi connectivity index (χ0) is 19.1. The van der Waals surface area contributed by atoms with Crippen LogP contribution in [0.15, 0.2) is 48.5 Å². The number of hydrogen-bond acceptors (Lipinski definition) is 0. The normalized spacial score (nSPS) is 22.7. The summed E-state index contributed by atoms with van der Waals surface area (Å²) in [4.78, 5) is 0. The quantitative estimate of drug-likeness (QED) is 0.441. The standard InChI is InChI=1S/C27H38/c1-4-6-8-22-9-11-23(12-10-22)24-13-15-25(16-14-24)26-17-20-27(3,21-18-26)19-7-5-2/h9-16,26H,4-8,17-21H2,1-3H3. The molecule has 2 aromatic carbocycles. The van der Waals surface area contributed by atoms with Crippen LogP contribution in [-0.2, 0) is 6.42 Å². The molecule has 0 aromatic heterocycles. The number of aryl methyl sites for hydroxylation is 1. The van der Waals surface area contributed by atoms with Crippen LogP contribution < -0.4 is 0 Å². The molecule has 0 unspecified atom stereocenters. The van der Waals surface area contributed by atoms with E-state index in [4.69, 9.17) is 0 Å². The zero-order valence-electron chi connectivity index (χ0n) is 17.8. The summed E-state index contributed by atoms with van der Waals surface area (Å²) >= 11 is 0. The second-order valence-corrected chi connectivity index (χ2v) is 9.11. The summed E-state index contributed by atoms with van der Waals surface area (Å²) in [5, 5.41) is 0. The molecule has 27 heavy (non-hydrogen) atoms. The van der Waals surface area contributed by atoms with E-state index in [1.807, 2.05) is 0 Å². The molecule has 0 saturated heterocycles. The van der Waals surface area contributed by atoms with Crippen LogP contribution in [0.5, 0.6) is 0 Å². The molecule has 0 amide bonds. The maximum atomic E-state index is 2.52. The Labute approximate surface area is 167 Å². The second kappa shape index (κ2) is 9.58. The summed E-state index contributed by atoms with van der Waals surface area (Å²) in [5.41, 5.74) is 6.31. The summed E-state index contributed by atoms with van der Waals surface area (Å²) in [6.07, 6.45) is 13.4. The first-order valence-corrected chi connectivity index (χ1v) is 11.3. The van der Waals surface area contributed by atoms with Crippen molar-refractivity contribution in [3.8, 4) is 11.1 Å². The Morgan fingerprint density at radius 3 is 1.89 bits per heavy atom. The van der Waals surface area contributed by atoms with Gasteiger partial charge in [0.15, 0.2) is 0 Å². The van der Waals surface area contributed by atoms with Gasteiger partial charge in [-0.25, -0.2) is 0 Å². The number of rotatable bonds is 8. The lowest BCUT2D eigenvalue weighted by Gasteiger charge is -2.37. The number of unbranched alkanes of at least 4 members (excludes halogenated alkanes) is 2. The predicted molar refractivity (Wildman–Crippen MR) is 119 cm³/mol. The topological polar surface area (TPSA) is 0 Å². The highest BCUT2D eigenvalue weighted by atomic mass is 14.4. The SMILES string of the molecule is CCCCc1ccc(-c2ccc(C3CCC(C)(CCCC)CC3)cc2)cc1. The fourth-order valence-corrected chi connectivity index (χ4v) is 4.69. The van der Waals surface area contributed by atoms with Crippen molar-refractivity contribution in [3.63, 3.8) is 0 Å². The minimum atomic E-state index is 0.603. The van der Waals surface area contributed by atoms with E-state index in [2.05, 4.69) is 69.3 Å². The van der Waals surface area contributed by atoms with Crippen LogP contribution >= 0.6 is 0 Å². The lowest BCUT2D eigenvalue weighted by atomic mass is 9.68. The third-order valence-corrected chi connectivity index (χ3v) is 6.81. The van der Waals surface area contributed by atoms with Gasteiger partial charge in [0.25, 0.3) is 0 Å². The Kier molecular flexibility index (Phi) is 7.16. The van der Waals surface area contributed by atoms with Crippen molar-refractivity contribution in [2.45, 2.75) is 90.9 Å². The van der Waals surface area contributed by atoms with E-state index >= 15 is 0 Å². The van der Waals surface area contributed by atoms with E-state index < -0.39 is 0 Å². The van der Waals surface area contributed by atoms with Crippen molar-refractivity contribution < 1.29 is 0 Å². The molecule has 0 bridgehead atoms. The number of benzene rings is 2. The van der Waals surface area contributed by atoms with Gasteiger partial charge in [0.1, 0.15) is 0 Å². The van der Waals surface area contributed by atoms with E-state index in [9.17, 15) is 0 Å². The van der Waals surface area contributed by atoms with Crippen molar-refractivity contribution in [1.29, 1.82) is 0 Å². The van der Waals surface area contributed by atoms with Crippen LogP contribution in [0, 0.1) is 5.41 Å². The Balaban J connectivity index is 1.59. The fourth-order valence-electron chi connectivity index (χ4n) is 4.69. The second-order valence-electron chi connectivity index (χ2n) is 9.11. The van der Waals surface area contributed by atoms with Crippen LogP contribution in [0.4, 0.5) is 0 Å². The molecule has 0 radical (unpaired) electrons. The van der Waals surface area contributed by atoms with Crippen molar-refractivity contribution in [1.82, 2.24) is 0 Å². The van der Waals surface area contributed by atoms with E-state index in [1.165, 1.54) is 80.9 Å². The van der Waals surface area contributed by atoms with E-state index in [0.29, 0.717) is 5.41 Å². The van der Waals surface area contributed by atoms with Gasteiger partial charge in [0.2, 0.25) is 0 Å². The van der Waals surface area contributed by atoms with E-state index in [1.54, 1.807) is 5.56 Å². The Hall–Kier alpha value is -1.56. The summed E-state index contributed by atoms with van der Waals surface area (Å²) in [7, 11) is 0. The van der Waals surface area contributed by atoms with Crippen LogP contribution in [0.2, 0.25) is 0 Å². The highest BCUT2D eigenvalue weighted by Gasteiger charge is 2.30. The zero-order valence-corrected chi connectivity index (χ0v) is 17.8. The van der Waals surface area contributed by atoms with Gasteiger partial charge in [0.05, 0.1) is 0 Å². The molecule has 0 N–H and O–H groups in total. The Morgan fingerprint density at radius 2 is 1.33 bits per heavy atom. The van der Waals surface area contributed by atoms with Gasteiger partial charge in [-0.2, -0.15) is 0 Å². The average Bonchev–Trinajstić information content (AvgIpc) is 2.72. The van der Waals surface area contributed by atoms with Gasteiger partial charge in [0, 0.05) is 0 Å². The van der Waals surface area contributed by atoms with Crippen LogP contribution in [0.25, 0.3) is 11.1 Å². The van der Waals surface area contributed by atoms with Crippen molar-refractivity contribution in [2.24, 2.45) is 5.41 Å². The molecule has 0 atom stereocenters. The molecule has 0 spiro atoms. The first-order chi connectivity index (χ1) is 13.1. The molecule has 0 nitrogen and oxygen atoms in total. The maximum Gasteiger partial charge on any atom is -0.0162 e. The summed E-state index contributed by atoms with van der Waals surface area (Å²) in [5.74, 6) is 0.769. The largest absolute Gasteiger partial charge is 0.0654 e. The summed E-state index contributed by atoms with van der Waals surface area (Å²) < 4.78 is 0. The summed E-state index contributed by atoms with van der Waals surface area (Å²) in [6.45, 7) is 7.09. The minimum Gasteiger partial charge on any atom is -0.0654 e. The van der Waals surface area contributed by atoms with Gasteiger partial charge >= 0.3 is 0 Å². The van der Waals surface area contributed by atoms with Crippen molar-refractivity contribution >= 4 is 0 Å². The van der Waals surface area contributed by atoms with Crippen LogP contribution in [-0.4, -0.2) is 0 Å². The van der Waals surface area contributed by atoms with Crippen molar-refractivity contribution in [3.05, 3.63) is 59.7 Å². The smallest absolute Gasteiger partial charge is 0.0162 e. The minimum absolute atomic E-state index is 0.603. The fraction of sp³-hybridized carbons (Fsp3) is 0.556. The molecular weight excluding hydrogens is 324 g/mol. The highest BCUT2D eigenvalue weighted by Crippen LogP contribution is 2.45.